The molecule has 2 aromatic heterocycles. The Bertz CT molecular complexity index is 1550. The highest BCUT2D eigenvalue weighted by atomic mass is 79.9. The van der Waals surface area contributed by atoms with Gasteiger partial charge in [-0.3, -0.25) is 14.5 Å². The quantitative estimate of drug-likeness (QED) is 0.233. The molecule has 1 aliphatic heterocycles. The molecule has 0 aliphatic carbocycles. The number of benzene rings is 2. The number of fused-ring (bicyclic) bond motifs is 1. The van der Waals surface area contributed by atoms with Gasteiger partial charge in [0.25, 0.3) is 11.8 Å². The number of halogens is 3. The number of nitrogens with one attached hydrogen (secondary N) is 1. The van der Waals surface area contributed by atoms with Gasteiger partial charge in [-0.2, -0.15) is 0 Å². The Morgan fingerprint density at radius 1 is 0.976 bits per heavy atom. The number of carbonyl (C=O) groups excluding carboxylic acids is 2. The number of aryl methyl sites for hydroxylation is 1. The molecule has 3 heterocycles. The first-order chi connectivity index (χ1) is 19.2. The van der Waals surface area contributed by atoms with E-state index < -0.39 is 0 Å². The van der Waals surface area contributed by atoms with Crippen molar-refractivity contribution in [3.63, 3.8) is 0 Å². The summed E-state index contributed by atoms with van der Waals surface area (Å²) in [4.78, 5) is 34.5. The molecular weight excluding hydrogens is 629 g/mol. The van der Waals surface area contributed by atoms with Crippen molar-refractivity contribution in [2.45, 2.75) is 13.8 Å². The lowest BCUT2D eigenvalue weighted by molar-refractivity contribution is 0.0615. The molecule has 1 saturated heterocycles. The molecular formula is C30H32BrCl2N5O3. The molecule has 1 fully saturated rings. The van der Waals surface area contributed by atoms with Crippen LogP contribution in [0.5, 0.6) is 11.6 Å². The largest absolute Gasteiger partial charge is 0.439 e. The molecule has 5 rings (SSSR count). The third-order valence-electron chi connectivity index (χ3n) is 6.91. The van der Waals surface area contributed by atoms with Crippen LogP contribution in [0.2, 0.25) is 10.0 Å². The van der Waals surface area contributed by atoms with Gasteiger partial charge >= 0.3 is 0 Å². The first-order valence-electron chi connectivity index (χ1n) is 13.2. The van der Waals surface area contributed by atoms with E-state index in [9.17, 15) is 9.59 Å². The minimum atomic E-state index is -0.327. The summed E-state index contributed by atoms with van der Waals surface area (Å²) in [6, 6.07) is 15.7. The van der Waals surface area contributed by atoms with Crippen molar-refractivity contribution in [1.29, 1.82) is 0 Å². The monoisotopic (exact) mass is 659 g/mol. The SMILES string of the molecule is Br.CC(C)CN1CCN(C(=O)c2cc3cc(Oc4ccc(NC(=O)c5ccc(Cl)c(Cl)c5)cn4)ccc3n2C)CC1. The van der Waals surface area contributed by atoms with Gasteiger partial charge in [-0.05, 0) is 54.4 Å². The molecule has 11 heteroatoms. The second-order valence-electron chi connectivity index (χ2n) is 10.4. The van der Waals surface area contributed by atoms with Gasteiger partial charge in [-0.1, -0.05) is 37.0 Å². The van der Waals surface area contributed by atoms with Gasteiger partial charge in [0.15, 0.2) is 0 Å². The van der Waals surface area contributed by atoms with E-state index in [1.165, 1.54) is 12.3 Å². The first kappa shape index (κ1) is 30.8. The lowest BCUT2D eigenvalue weighted by Crippen LogP contribution is -2.49. The second kappa shape index (κ2) is 13.2. The summed E-state index contributed by atoms with van der Waals surface area (Å²) < 4.78 is 7.90. The van der Waals surface area contributed by atoms with Crippen molar-refractivity contribution >= 4 is 68.6 Å². The zero-order chi connectivity index (χ0) is 28.4. The fourth-order valence-corrected chi connectivity index (χ4v) is 5.18. The van der Waals surface area contributed by atoms with E-state index in [1.54, 1.807) is 24.3 Å². The summed E-state index contributed by atoms with van der Waals surface area (Å²) in [5, 5.41) is 4.38. The number of aromatic nitrogens is 2. The number of anilines is 1. The Morgan fingerprint density at radius 3 is 2.39 bits per heavy atom. The summed E-state index contributed by atoms with van der Waals surface area (Å²) in [7, 11) is 1.91. The average Bonchev–Trinajstić information content (AvgIpc) is 3.26. The molecule has 0 bridgehead atoms. The number of nitrogens with zero attached hydrogens (tertiary/aromatic N) is 4. The summed E-state index contributed by atoms with van der Waals surface area (Å²) in [5.41, 5.74) is 2.50. The highest BCUT2D eigenvalue weighted by Crippen LogP contribution is 2.28. The van der Waals surface area contributed by atoms with Crippen molar-refractivity contribution in [3.05, 3.63) is 82.1 Å². The molecule has 8 nitrogen and oxygen atoms in total. The molecule has 2 amide bonds. The Balaban J connectivity index is 0.00000387. The molecule has 4 aromatic rings. The lowest BCUT2D eigenvalue weighted by atomic mass is 10.2. The van der Waals surface area contributed by atoms with Crippen molar-refractivity contribution in [2.75, 3.05) is 38.0 Å². The van der Waals surface area contributed by atoms with E-state index in [4.69, 9.17) is 27.9 Å². The number of rotatable bonds is 7. The van der Waals surface area contributed by atoms with Crippen LogP contribution in [0.4, 0.5) is 5.69 Å². The van der Waals surface area contributed by atoms with Crippen LogP contribution in [0.15, 0.2) is 60.8 Å². The summed E-state index contributed by atoms with van der Waals surface area (Å²) >= 11 is 11.9. The molecule has 41 heavy (non-hydrogen) atoms. The van der Waals surface area contributed by atoms with Crippen molar-refractivity contribution < 1.29 is 14.3 Å². The molecule has 0 spiro atoms. The third kappa shape index (κ3) is 7.22. The van der Waals surface area contributed by atoms with Crippen LogP contribution >= 0.6 is 40.2 Å². The zero-order valence-electron chi connectivity index (χ0n) is 23.1. The maximum Gasteiger partial charge on any atom is 0.270 e. The molecule has 1 aliphatic rings. The number of ether oxygens (including phenoxy) is 1. The Hall–Kier alpha value is -3.11. The second-order valence-corrected chi connectivity index (χ2v) is 11.2. The molecule has 0 radical (unpaired) electrons. The minimum Gasteiger partial charge on any atom is -0.439 e. The maximum absolute atomic E-state index is 13.3. The van der Waals surface area contributed by atoms with Crippen LogP contribution in [0.25, 0.3) is 10.9 Å². The van der Waals surface area contributed by atoms with Crippen molar-refractivity contribution in [1.82, 2.24) is 19.4 Å². The van der Waals surface area contributed by atoms with Gasteiger partial charge in [0.2, 0.25) is 5.88 Å². The fraction of sp³-hybridized carbons (Fsp3) is 0.300. The molecule has 1 N–H and O–H groups in total. The predicted molar refractivity (Wildman–Crippen MR) is 169 cm³/mol. The van der Waals surface area contributed by atoms with E-state index in [0.29, 0.717) is 44.5 Å². The average molecular weight is 661 g/mol. The van der Waals surface area contributed by atoms with Crippen molar-refractivity contribution in [3.8, 4) is 11.6 Å². The Morgan fingerprint density at radius 2 is 1.73 bits per heavy atom. The van der Waals surface area contributed by atoms with Gasteiger partial charge in [0.05, 0.1) is 21.9 Å². The van der Waals surface area contributed by atoms with E-state index in [0.717, 1.165) is 43.6 Å². The molecule has 0 unspecified atom stereocenters. The van der Waals surface area contributed by atoms with E-state index in [1.807, 2.05) is 40.8 Å². The van der Waals surface area contributed by atoms with Gasteiger partial charge in [-0.15, -0.1) is 17.0 Å². The molecule has 2 aromatic carbocycles. The highest BCUT2D eigenvalue weighted by Gasteiger charge is 2.25. The number of pyridine rings is 1. The number of piperazine rings is 1. The minimum absolute atomic E-state index is 0. The van der Waals surface area contributed by atoms with E-state index in [-0.39, 0.29) is 28.8 Å². The summed E-state index contributed by atoms with van der Waals surface area (Å²) in [6.07, 6.45) is 1.52. The first-order valence-corrected chi connectivity index (χ1v) is 13.9. The third-order valence-corrected chi connectivity index (χ3v) is 7.65. The normalized spacial score (nSPS) is 13.8. The van der Waals surface area contributed by atoms with Crippen LogP contribution in [0.3, 0.4) is 0 Å². The summed E-state index contributed by atoms with van der Waals surface area (Å²) in [5.74, 6) is 1.31. The molecule has 0 saturated carbocycles. The topological polar surface area (TPSA) is 79.7 Å². The van der Waals surface area contributed by atoms with E-state index in [2.05, 4.69) is 29.0 Å². The predicted octanol–water partition coefficient (Wildman–Crippen LogP) is 6.92. The van der Waals surface area contributed by atoms with Crippen LogP contribution in [-0.4, -0.2) is 63.9 Å². The van der Waals surface area contributed by atoms with Crippen LogP contribution < -0.4 is 10.1 Å². The highest BCUT2D eigenvalue weighted by molar-refractivity contribution is 8.93. The number of hydrogen-bond acceptors (Lipinski definition) is 5. The van der Waals surface area contributed by atoms with Crippen molar-refractivity contribution in [2.24, 2.45) is 13.0 Å². The zero-order valence-corrected chi connectivity index (χ0v) is 26.3. The van der Waals surface area contributed by atoms with Gasteiger partial charge in [-0.25, -0.2) is 4.98 Å². The van der Waals surface area contributed by atoms with Gasteiger partial charge in [0.1, 0.15) is 11.4 Å². The van der Waals surface area contributed by atoms with Crippen LogP contribution in [0.1, 0.15) is 34.7 Å². The Labute approximate surface area is 259 Å². The van der Waals surface area contributed by atoms with E-state index >= 15 is 0 Å². The maximum atomic E-state index is 13.3. The summed E-state index contributed by atoms with van der Waals surface area (Å²) in [6.45, 7) is 8.76. The molecule has 0 atom stereocenters. The van der Waals surface area contributed by atoms with Crippen LogP contribution in [-0.2, 0) is 7.05 Å². The number of amides is 2. The van der Waals surface area contributed by atoms with Gasteiger partial charge in [0, 0.05) is 62.3 Å². The van der Waals surface area contributed by atoms with Crippen LogP contribution in [0, 0.1) is 5.92 Å². The smallest absolute Gasteiger partial charge is 0.270 e. The standard InChI is InChI=1S/C30H31Cl2N5O3.BrH/c1-19(2)18-36-10-12-37(13-11-36)30(39)27-16-21-14-23(6-8-26(21)35(27)3)40-28-9-5-22(17-33-28)34-29(38)20-4-7-24(31)25(32)15-20;/h4-9,14-17,19H,10-13,18H2,1-3H3,(H,34,38);1H. The Kier molecular flexibility index (Phi) is 9.96. The fourth-order valence-electron chi connectivity index (χ4n) is 4.88. The lowest BCUT2D eigenvalue weighted by Gasteiger charge is -2.35. The number of carbonyl (C=O) groups is 2. The van der Waals surface area contributed by atoms with Gasteiger partial charge < -0.3 is 19.5 Å². The molecule has 216 valence electrons. The number of hydrogen-bond donors (Lipinski definition) is 1.